The lowest BCUT2D eigenvalue weighted by atomic mass is 9.61. The summed E-state index contributed by atoms with van der Waals surface area (Å²) < 4.78 is 21.3. The van der Waals surface area contributed by atoms with E-state index in [1.165, 1.54) is 0 Å². The Hall–Kier alpha value is -1.14. The van der Waals surface area contributed by atoms with Crippen LogP contribution in [-0.4, -0.2) is 50.6 Å². The van der Waals surface area contributed by atoms with Crippen molar-refractivity contribution >= 4 is 11.9 Å². The zero-order chi connectivity index (χ0) is 18.8. The lowest BCUT2D eigenvalue weighted by molar-refractivity contribution is -0.171. The van der Waals surface area contributed by atoms with Gasteiger partial charge in [-0.2, -0.15) is 0 Å². The molecule has 26 heavy (non-hydrogen) atoms. The summed E-state index contributed by atoms with van der Waals surface area (Å²) in [6.45, 7) is 10.4. The number of esters is 2. The molecule has 0 N–H and O–H groups in total. The molecule has 7 atom stereocenters. The number of hydrogen-bond donors (Lipinski definition) is 0. The maximum atomic E-state index is 12.9. The smallest absolute Gasteiger partial charge is 0.310 e. The van der Waals surface area contributed by atoms with Gasteiger partial charge in [0.15, 0.2) is 0 Å². The summed E-state index contributed by atoms with van der Waals surface area (Å²) in [7, 11) is 0. The van der Waals surface area contributed by atoms with E-state index in [2.05, 4.69) is 27.7 Å². The fraction of sp³-hybridized carbons (Fsp3) is 0.900. The lowest BCUT2D eigenvalue weighted by Crippen LogP contribution is -2.47. The van der Waals surface area contributed by atoms with Crippen LogP contribution in [0.3, 0.4) is 0 Å². The monoisotopic (exact) mass is 368 g/mol. The van der Waals surface area contributed by atoms with Gasteiger partial charge in [0, 0.05) is 0 Å². The van der Waals surface area contributed by atoms with Crippen LogP contribution in [0.4, 0.5) is 0 Å². The molecule has 0 radical (unpaired) electrons. The zero-order valence-corrected chi connectivity index (χ0v) is 16.3. The Morgan fingerprint density at radius 3 is 1.92 bits per heavy atom. The summed E-state index contributed by atoms with van der Waals surface area (Å²) in [5, 5.41) is 0. The summed E-state index contributed by atoms with van der Waals surface area (Å²) in [4.78, 5) is 25.8. The topological polar surface area (TPSA) is 77.7 Å². The molecule has 0 aromatic carbocycles. The van der Waals surface area contributed by atoms with Crippen molar-refractivity contribution in [3.05, 3.63) is 0 Å². The van der Waals surface area contributed by atoms with Crippen molar-refractivity contribution in [2.75, 3.05) is 26.4 Å². The van der Waals surface area contributed by atoms with Crippen LogP contribution in [0, 0.1) is 35.5 Å². The van der Waals surface area contributed by atoms with Crippen LogP contribution in [0.5, 0.6) is 0 Å². The van der Waals surface area contributed by atoms with E-state index in [0.29, 0.717) is 25.0 Å². The molecule has 6 heteroatoms. The first-order valence-electron chi connectivity index (χ1n) is 9.93. The normalized spacial score (nSPS) is 38.7. The Kier molecular flexibility index (Phi) is 6.23. The molecule has 0 aromatic rings. The molecular formula is C20H32O6. The summed E-state index contributed by atoms with van der Waals surface area (Å²) in [6, 6.07) is 0. The van der Waals surface area contributed by atoms with E-state index in [0.717, 1.165) is 12.8 Å². The highest BCUT2D eigenvalue weighted by Crippen LogP contribution is 2.46. The van der Waals surface area contributed by atoms with E-state index >= 15 is 0 Å². The van der Waals surface area contributed by atoms with Gasteiger partial charge in [0.05, 0.1) is 25.0 Å². The number of carbonyl (C=O) groups excluding carboxylic acids is 2. The third-order valence-electron chi connectivity index (χ3n) is 5.98. The summed E-state index contributed by atoms with van der Waals surface area (Å²) in [5.41, 5.74) is 0. The van der Waals surface area contributed by atoms with Gasteiger partial charge in [0.2, 0.25) is 0 Å². The van der Waals surface area contributed by atoms with Gasteiger partial charge >= 0.3 is 11.9 Å². The minimum Gasteiger partial charge on any atom is -0.463 e. The highest BCUT2D eigenvalue weighted by Gasteiger charge is 2.50. The van der Waals surface area contributed by atoms with Crippen molar-refractivity contribution in [2.24, 2.45) is 35.5 Å². The second kappa shape index (κ2) is 8.26. The highest BCUT2D eigenvalue weighted by molar-refractivity contribution is 5.83. The third kappa shape index (κ3) is 4.97. The van der Waals surface area contributed by atoms with Crippen molar-refractivity contribution in [3.8, 4) is 0 Å². The molecule has 2 saturated heterocycles. The molecule has 148 valence electrons. The molecule has 2 aliphatic heterocycles. The first kappa shape index (κ1) is 19.6. The molecule has 0 amide bonds. The number of hydrogen-bond acceptors (Lipinski definition) is 6. The third-order valence-corrected chi connectivity index (χ3v) is 5.98. The van der Waals surface area contributed by atoms with Gasteiger partial charge in [0.25, 0.3) is 0 Å². The molecule has 3 aliphatic rings. The number of epoxide rings is 2. The van der Waals surface area contributed by atoms with Crippen molar-refractivity contribution in [2.45, 2.75) is 52.7 Å². The fourth-order valence-corrected chi connectivity index (χ4v) is 4.23. The van der Waals surface area contributed by atoms with Crippen molar-refractivity contribution in [1.29, 1.82) is 0 Å². The molecule has 3 rings (SSSR count). The molecule has 0 bridgehead atoms. The number of ether oxygens (including phenoxy) is 4. The van der Waals surface area contributed by atoms with Gasteiger partial charge in [0.1, 0.15) is 25.4 Å². The standard InChI is InChI=1S/C20H32O6/c1-11(2)5-14-6-12(3)13(4)17(19(21)25-9-15-7-23-15)18(14)20(22)26-10-16-8-24-16/h11-18H,5-10H2,1-4H3. The Morgan fingerprint density at radius 1 is 0.962 bits per heavy atom. The lowest BCUT2D eigenvalue weighted by Gasteiger charge is -2.43. The van der Waals surface area contributed by atoms with Gasteiger partial charge in [-0.15, -0.1) is 0 Å². The predicted octanol–water partition coefficient (Wildman–Crippen LogP) is 2.44. The maximum absolute atomic E-state index is 12.9. The van der Waals surface area contributed by atoms with Crippen LogP contribution in [0.2, 0.25) is 0 Å². The first-order chi connectivity index (χ1) is 12.4. The number of rotatable bonds is 8. The molecule has 1 saturated carbocycles. The summed E-state index contributed by atoms with van der Waals surface area (Å²) in [5.74, 6) is -0.385. The Balaban J connectivity index is 1.74. The Morgan fingerprint density at radius 2 is 1.46 bits per heavy atom. The summed E-state index contributed by atoms with van der Waals surface area (Å²) >= 11 is 0. The molecule has 0 spiro atoms. The van der Waals surface area contributed by atoms with Crippen molar-refractivity contribution < 1.29 is 28.5 Å². The number of carbonyl (C=O) groups is 2. The van der Waals surface area contributed by atoms with Crippen molar-refractivity contribution in [1.82, 2.24) is 0 Å². The highest BCUT2D eigenvalue weighted by atomic mass is 16.6. The molecule has 2 heterocycles. The molecule has 6 nitrogen and oxygen atoms in total. The van der Waals surface area contributed by atoms with E-state index in [1.54, 1.807) is 0 Å². The van der Waals surface area contributed by atoms with E-state index < -0.39 is 11.8 Å². The second-order valence-electron chi connectivity index (χ2n) is 8.68. The average Bonchev–Trinajstić information content (AvgIpc) is 3.46. The van der Waals surface area contributed by atoms with Gasteiger partial charge in [-0.05, 0) is 36.5 Å². The second-order valence-corrected chi connectivity index (χ2v) is 8.68. The molecular weight excluding hydrogens is 336 g/mol. The first-order valence-corrected chi connectivity index (χ1v) is 9.93. The molecule has 3 fully saturated rings. The van der Waals surface area contributed by atoms with Crippen LogP contribution < -0.4 is 0 Å². The summed E-state index contributed by atoms with van der Waals surface area (Å²) in [6.07, 6.45) is 1.90. The van der Waals surface area contributed by atoms with Crippen molar-refractivity contribution in [3.63, 3.8) is 0 Å². The van der Waals surface area contributed by atoms with E-state index in [4.69, 9.17) is 18.9 Å². The minimum absolute atomic E-state index is 0.0270. The average molecular weight is 368 g/mol. The maximum Gasteiger partial charge on any atom is 0.310 e. The largest absolute Gasteiger partial charge is 0.463 e. The van der Waals surface area contributed by atoms with Crippen LogP contribution in [0.25, 0.3) is 0 Å². The van der Waals surface area contributed by atoms with Gasteiger partial charge < -0.3 is 18.9 Å². The Labute approximate surface area is 155 Å². The van der Waals surface area contributed by atoms with Gasteiger partial charge in [-0.25, -0.2) is 0 Å². The predicted molar refractivity (Wildman–Crippen MR) is 94.3 cm³/mol. The van der Waals surface area contributed by atoms with Crippen LogP contribution in [0.15, 0.2) is 0 Å². The van der Waals surface area contributed by atoms with E-state index in [-0.39, 0.29) is 49.2 Å². The molecule has 0 aromatic heterocycles. The minimum atomic E-state index is -0.450. The van der Waals surface area contributed by atoms with Crippen LogP contribution in [-0.2, 0) is 28.5 Å². The molecule has 7 unspecified atom stereocenters. The van der Waals surface area contributed by atoms with E-state index in [1.807, 2.05) is 0 Å². The quantitative estimate of drug-likeness (QED) is 0.484. The van der Waals surface area contributed by atoms with Gasteiger partial charge in [-0.1, -0.05) is 27.7 Å². The van der Waals surface area contributed by atoms with Crippen LogP contribution >= 0.6 is 0 Å². The van der Waals surface area contributed by atoms with Crippen LogP contribution in [0.1, 0.15) is 40.5 Å². The SMILES string of the molecule is CC(C)CC1CC(C)C(C)C(C(=O)OCC2CO2)C1C(=O)OCC1CO1. The Bertz CT molecular complexity index is 510. The van der Waals surface area contributed by atoms with E-state index in [9.17, 15) is 9.59 Å². The zero-order valence-electron chi connectivity index (χ0n) is 16.3. The molecule has 1 aliphatic carbocycles. The van der Waals surface area contributed by atoms with Gasteiger partial charge in [-0.3, -0.25) is 9.59 Å². The fourth-order valence-electron chi connectivity index (χ4n) is 4.23.